The van der Waals surface area contributed by atoms with E-state index in [1.165, 1.54) is 12.1 Å². The number of sulfone groups is 1. The van der Waals surface area contributed by atoms with Gasteiger partial charge in [0.15, 0.2) is 9.84 Å². The summed E-state index contributed by atoms with van der Waals surface area (Å²) >= 11 is 0. The second-order valence-electron chi connectivity index (χ2n) is 6.25. The molecule has 0 radical (unpaired) electrons. The predicted octanol–water partition coefficient (Wildman–Crippen LogP) is 2.14. The summed E-state index contributed by atoms with van der Waals surface area (Å²) in [6.07, 6.45) is 1.79. The number of hydrogen-bond acceptors (Lipinski definition) is 7. The van der Waals surface area contributed by atoms with Crippen molar-refractivity contribution in [3.63, 3.8) is 0 Å². The zero-order valence-electron chi connectivity index (χ0n) is 15.4. The molecule has 0 aliphatic rings. The van der Waals surface area contributed by atoms with Gasteiger partial charge in [0.25, 0.3) is 0 Å². The van der Waals surface area contributed by atoms with Crippen molar-refractivity contribution in [2.24, 2.45) is 5.73 Å². The monoisotopic (exact) mass is 412 g/mol. The molecule has 3 aromatic rings. The Morgan fingerprint density at radius 3 is 2.34 bits per heavy atom. The fourth-order valence-corrected chi connectivity index (χ4v) is 3.93. The van der Waals surface area contributed by atoms with Crippen LogP contribution in [0, 0.1) is 0 Å². The number of carbonyl (C=O) groups excluding carboxylic acids is 1. The zero-order valence-corrected chi connectivity index (χ0v) is 16.3. The molecule has 0 saturated heterocycles. The first kappa shape index (κ1) is 20.4. The maximum atomic E-state index is 12.2. The summed E-state index contributed by atoms with van der Waals surface area (Å²) < 4.78 is 24.4. The van der Waals surface area contributed by atoms with Gasteiger partial charge in [-0.05, 0) is 48.9 Å². The number of hydrogen-bond donors (Lipinski definition) is 3. The van der Waals surface area contributed by atoms with Gasteiger partial charge in [0.05, 0.1) is 16.3 Å². The van der Waals surface area contributed by atoms with Gasteiger partial charge >= 0.3 is 0 Å². The molecule has 0 unspecified atom stereocenters. The van der Waals surface area contributed by atoms with Crippen LogP contribution >= 0.6 is 0 Å². The minimum atomic E-state index is -3.42. The van der Waals surface area contributed by atoms with Gasteiger partial charge in [0, 0.05) is 29.6 Å². The van der Waals surface area contributed by atoms with Gasteiger partial charge in [-0.3, -0.25) is 4.79 Å². The highest BCUT2D eigenvalue weighted by Crippen LogP contribution is 2.22. The molecule has 3 rings (SSSR count). The van der Waals surface area contributed by atoms with E-state index in [0.717, 1.165) is 5.56 Å². The predicted molar refractivity (Wildman–Crippen MR) is 109 cm³/mol. The summed E-state index contributed by atoms with van der Waals surface area (Å²) in [5.74, 6) is -0.246. The Morgan fingerprint density at radius 2 is 1.72 bits per heavy atom. The molecule has 1 amide bonds. The summed E-state index contributed by atoms with van der Waals surface area (Å²) in [6, 6.07) is 14.7. The Bertz CT molecular complexity index is 1100. The molecular formula is C20H20N4O4S. The minimum absolute atomic E-state index is 0.0982. The lowest BCUT2D eigenvalue weighted by molar-refractivity contribution is 0.100. The summed E-state index contributed by atoms with van der Waals surface area (Å²) in [5.41, 5.74) is 7.68. The molecule has 0 atom stereocenters. The molecule has 0 bridgehead atoms. The molecule has 1 aromatic heterocycles. The normalized spacial score (nSPS) is 11.2. The molecular weight excluding hydrogens is 392 g/mol. The summed E-state index contributed by atoms with van der Waals surface area (Å²) in [6.45, 7) is -0.167. The standard InChI is InChI=1S/C20H20N4O4S/c21-19(26)15-2-6-16(7-3-15)23-20-22-11-10-18(24-20)14-4-8-17(9-5-14)29(27,28)13-1-12-25/h2-11,25H,1,12-13H2,(H2,21,26)(H,22,23,24). The first-order chi connectivity index (χ1) is 13.9. The number of rotatable bonds is 8. The maximum Gasteiger partial charge on any atom is 0.248 e. The molecule has 0 aliphatic carbocycles. The number of primary amides is 1. The van der Waals surface area contributed by atoms with Crippen molar-refractivity contribution in [1.82, 2.24) is 9.97 Å². The third-order valence-electron chi connectivity index (χ3n) is 4.16. The number of nitrogens with zero attached hydrogens (tertiary/aromatic N) is 2. The van der Waals surface area contributed by atoms with Crippen LogP contribution in [0.4, 0.5) is 11.6 Å². The molecule has 150 valence electrons. The molecule has 29 heavy (non-hydrogen) atoms. The molecule has 1 heterocycles. The van der Waals surface area contributed by atoms with Crippen LogP contribution in [0.1, 0.15) is 16.8 Å². The second-order valence-corrected chi connectivity index (χ2v) is 8.36. The number of carbonyl (C=O) groups is 1. The third kappa shape index (κ3) is 5.15. The van der Waals surface area contributed by atoms with Gasteiger partial charge in [-0.1, -0.05) is 12.1 Å². The molecule has 9 heteroatoms. The molecule has 0 spiro atoms. The number of amides is 1. The molecule has 2 aromatic carbocycles. The SMILES string of the molecule is NC(=O)c1ccc(Nc2nccc(-c3ccc(S(=O)(=O)CCCO)cc3)n2)cc1. The van der Waals surface area contributed by atoms with E-state index in [9.17, 15) is 13.2 Å². The largest absolute Gasteiger partial charge is 0.396 e. The molecule has 0 fully saturated rings. The fraction of sp³-hybridized carbons (Fsp3) is 0.150. The third-order valence-corrected chi connectivity index (χ3v) is 5.98. The van der Waals surface area contributed by atoms with E-state index < -0.39 is 15.7 Å². The van der Waals surface area contributed by atoms with Crippen molar-refractivity contribution in [2.45, 2.75) is 11.3 Å². The van der Waals surface area contributed by atoms with Crippen LogP contribution in [0.3, 0.4) is 0 Å². The first-order valence-corrected chi connectivity index (χ1v) is 10.5. The number of anilines is 2. The van der Waals surface area contributed by atoms with Crippen molar-refractivity contribution >= 4 is 27.4 Å². The Hall–Kier alpha value is -3.30. The lowest BCUT2D eigenvalue weighted by Gasteiger charge is -2.08. The van der Waals surface area contributed by atoms with Crippen LogP contribution in [0.15, 0.2) is 65.7 Å². The quantitative estimate of drug-likeness (QED) is 0.516. The van der Waals surface area contributed by atoms with Crippen molar-refractivity contribution in [2.75, 3.05) is 17.7 Å². The number of aliphatic hydroxyl groups excluding tert-OH is 1. The van der Waals surface area contributed by atoms with Gasteiger partial charge in [-0.15, -0.1) is 0 Å². The molecule has 8 nitrogen and oxygen atoms in total. The highest BCUT2D eigenvalue weighted by Gasteiger charge is 2.14. The summed E-state index contributed by atoms with van der Waals surface area (Å²) in [4.78, 5) is 20.0. The van der Waals surface area contributed by atoms with Crippen LogP contribution in [0.25, 0.3) is 11.3 Å². The zero-order chi connectivity index (χ0) is 20.9. The van der Waals surface area contributed by atoms with E-state index in [4.69, 9.17) is 10.8 Å². The molecule has 4 N–H and O–H groups in total. The van der Waals surface area contributed by atoms with Crippen LogP contribution in [0.2, 0.25) is 0 Å². The highest BCUT2D eigenvalue weighted by molar-refractivity contribution is 7.91. The van der Waals surface area contributed by atoms with Gasteiger partial charge in [0.1, 0.15) is 0 Å². The number of nitrogens with two attached hydrogens (primary N) is 1. The van der Waals surface area contributed by atoms with Gasteiger partial charge in [0.2, 0.25) is 11.9 Å². The Balaban J connectivity index is 1.77. The van der Waals surface area contributed by atoms with Gasteiger partial charge in [-0.25, -0.2) is 18.4 Å². The van der Waals surface area contributed by atoms with Crippen LogP contribution < -0.4 is 11.1 Å². The average Bonchev–Trinajstić information content (AvgIpc) is 2.73. The van der Waals surface area contributed by atoms with E-state index in [1.54, 1.807) is 48.7 Å². The topological polar surface area (TPSA) is 135 Å². The van der Waals surface area contributed by atoms with E-state index in [0.29, 0.717) is 22.9 Å². The van der Waals surface area contributed by atoms with Gasteiger partial charge in [-0.2, -0.15) is 0 Å². The number of nitrogens with one attached hydrogen (secondary N) is 1. The smallest absolute Gasteiger partial charge is 0.248 e. The van der Waals surface area contributed by atoms with E-state index in [-0.39, 0.29) is 23.7 Å². The van der Waals surface area contributed by atoms with E-state index >= 15 is 0 Å². The van der Waals surface area contributed by atoms with Crippen molar-refractivity contribution in [3.8, 4) is 11.3 Å². The lowest BCUT2D eigenvalue weighted by atomic mass is 10.1. The summed E-state index contributed by atoms with van der Waals surface area (Å²) in [7, 11) is -3.42. The van der Waals surface area contributed by atoms with Crippen molar-refractivity contribution in [3.05, 3.63) is 66.4 Å². The van der Waals surface area contributed by atoms with Crippen LogP contribution in [-0.2, 0) is 9.84 Å². The number of benzene rings is 2. The lowest BCUT2D eigenvalue weighted by Crippen LogP contribution is -2.10. The van der Waals surface area contributed by atoms with Crippen molar-refractivity contribution < 1.29 is 18.3 Å². The molecule has 0 aliphatic heterocycles. The van der Waals surface area contributed by atoms with Gasteiger partial charge < -0.3 is 16.2 Å². The fourth-order valence-electron chi connectivity index (χ4n) is 2.63. The second kappa shape index (κ2) is 8.80. The first-order valence-electron chi connectivity index (χ1n) is 8.83. The Labute approximate surface area is 168 Å². The summed E-state index contributed by atoms with van der Waals surface area (Å²) in [5, 5.41) is 11.9. The van der Waals surface area contributed by atoms with E-state index in [2.05, 4.69) is 15.3 Å². The number of aliphatic hydroxyl groups is 1. The van der Waals surface area contributed by atoms with Crippen LogP contribution in [0.5, 0.6) is 0 Å². The number of aromatic nitrogens is 2. The minimum Gasteiger partial charge on any atom is -0.396 e. The van der Waals surface area contributed by atoms with Crippen molar-refractivity contribution in [1.29, 1.82) is 0 Å². The maximum absolute atomic E-state index is 12.2. The van der Waals surface area contributed by atoms with Crippen LogP contribution in [-0.4, -0.2) is 41.8 Å². The average molecular weight is 412 g/mol. The molecule has 0 saturated carbocycles. The Kier molecular flexibility index (Phi) is 6.20. The highest BCUT2D eigenvalue weighted by atomic mass is 32.2. The Morgan fingerprint density at radius 1 is 1.03 bits per heavy atom. The van der Waals surface area contributed by atoms with E-state index in [1.807, 2.05) is 0 Å².